The van der Waals surface area contributed by atoms with E-state index in [1.54, 1.807) is 12.3 Å². The molecule has 0 unspecified atom stereocenters. The van der Waals surface area contributed by atoms with Crippen molar-refractivity contribution in [3.8, 4) is 5.75 Å². The van der Waals surface area contributed by atoms with E-state index in [0.29, 0.717) is 11.6 Å². The third-order valence-corrected chi connectivity index (χ3v) is 3.37. The van der Waals surface area contributed by atoms with E-state index in [1.807, 2.05) is 59.5 Å². The number of benzene rings is 2. The van der Waals surface area contributed by atoms with Crippen LogP contribution < -0.4 is 14.7 Å². The maximum absolute atomic E-state index is 10.7. The smallest absolute Gasteiger partial charge is 0.202 e. The van der Waals surface area contributed by atoms with Crippen molar-refractivity contribution in [1.29, 1.82) is 0 Å². The molecule has 0 fully saturated rings. The molecule has 0 aromatic heterocycles. The van der Waals surface area contributed by atoms with Gasteiger partial charge in [0.15, 0.2) is 5.75 Å². The van der Waals surface area contributed by atoms with E-state index in [0.717, 1.165) is 11.4 Å². The molecule has 5 nitrogen and oxygen atoms in total. The van der Waals surface area contributed by atoms with Gasteiger partial charge >= 0.3 is 0 Å². The highest BCUT2D eigenvalue weighted by Crippen LogP contribution is 2.38. The Hall–Kier alpha value is -3.08. The van der Waals surface area contributed by atoms with Gasteiger partial charge in [0.25, 0.3) is 0 Å². The number of allylic oxidation sites excluding steroid dienone is 1. The molecule has 2 aromatic rings. The Balaban J connectivity index is 1.81. The van der Waals surface area contributed by atoms with Crippen LogP contribution in [0.4, 0.5) is 11.4 Å². The first kappa shape index (κ1) is 14.8. The molecule has 1 aliphatic rings. The highest BCUT2D eigenvalue weighted by atomic mass is 16.5. The van der Waals surface area contributed by atoms with Crippen molar-refractivity contribution in [2.24, 2.45) is 4.99 Å². The van der Waals surface area contributed by atoms with E-state index >= 15 is 0 Å². The molecule has 3 rings (SSSR count). The van der Waals surface area contributed by atoms with Crippen molar-refractivity contribution < 1.29 is 14.6 Å². The number of carbonyl (C=O) groups is 1. The summed E-state index contributed by atoms with van der Waals surface area (Å²) in [5, 5.41) is 10.7. The minimum Gasteiger partial charge on any atom is -0.550 e. The number of carboxylic acid groups (broad SMARTS) is 1. The van der Waals surface area contributed by atoms with Crippen LogP contribution in [0.1, 0.15) is 6.42 Å². The minimum atomic E-state index is -1.09. The lowest BCUT2D eigenvalue weighted by Gasteiger charge is -2.18. The number of hydrogen-bond donors (Lipinski definition) is 0. The zero-order chi connectivity index (χ0) is 16.1. The molecule has 0 radical (unpaired) electrons. The standard InChI is InChI=1S/C18H16N2O3/c21-18(22)11-13-20-15-8-4-5-9-16(15)23-17(20)10-12-19-14-6-2-1-3-7-14/h1-10,12H,11,13H2,(H,21,22)/p-1/b17-10-,19-12?. The number of rotatable bonds is 5. The van der Waals surface area contributed by atoms with Gasteiger partial charge < -0.3 is 19.5 Å². The summed E-state index contributed by atoms with van der Waals surface area (Å²) in [5.74, 6) is 0.157. The van der Waals surface area contributed by atoms with Gasteiger partial charge in [-0.1, -0.05) is 30.3 Å². The number of hydrogen-bond acceptors (Lipinski definition) is 5. The number of carboxylic acids is 1. The summed E-state index contributed by atoms with van der Waals surface area (Å²) in [6, 6.07) is 17.0. The lowest BCUT2D eigenvalue weighted by molar-refractivity contribution is -0.305. The summed E-state index contributed by atoms with van der Waals surface area (Å²) < 4.78 is 5.77. The molecule has 0 amide bonds. The molecule has 23 heavy (non-hydrogen) atoms. The first-order valence-electron chi connectivity index (χ1n) is 7.28. The van der Waals surface area contributed by atoms with Crippen LogP contribution in [-0.4, -0.2) is 18.7 Å². The molecular weight excluding hydrogens is 292 g/mol. The second kappa shape index (κ2) is 6.79. The van der Waals surface area contributed by atoms with Crippen LogP contribution in [0.3, 0.4) is 0 Å². The Morgan fingerprint density at radius 2 is 1.87 bits per heavy atom. The van der Waals surface area contributed by atoms with Crippen LogP contribution in [0.15, 0.2) is 71.5 Å². The molecule has 0 aliphatic carbocycles. The van der Waals surface area contributed by atoms with Gasteiger partial charge in [0.2, 0.25) is 5.88 Å². The van der Waals surface area contributed by atoms with Crippen molar-refractivity contribution in [3.05, 3.63) is 66.6 Å². The molecular formula is C18H15N2O3-. The summed E-state index contributed by atoms with van der Waals surface area (Å²) >= 11 is 0. The Labute approximate surface area is 134 Å². The fourth-order valence-electron chi connectivity index (χ4n) is 2.31. The lowest BCUT2D eigenvalue weighted by Crippen LogP contribution is -2.30. The van der Waals surface area contributed by atoms with E-state index in [4.69, 9.17) is 4.74 Å². The number of carbonyl (C=O) groups excluding carboxylic acids is 1. The van der Waals surface area contributed by atoms with E-state index < -0.39 is 5.97 Å². The largest absolute Gasteiger partial charge is 0.550 e. The van der Waals surface area contributed by atoms with Gasteiger partial charge in [-0.15, -0.1) is 0 Å². The summed E-state index contributed by atoms with van der Waals surface area (Å²) in [6.07, 6.45) is 3.29. The van der Waals surface area contributed by atoms with Crippen molar-refractivity contribution in [2.75, 3.05) is 11.4 Å². The quantitative estimate of drug-likeness (QED) is 0.795. The van der Waals surface area contributed by atoms with Crippen LogP contribution in [0, 0.1) is 0 Å². The monoisotopic (exact) mass is 307 g/mol. The van der Waals surface area contributed by atoms with Gasteiger partial charge in [0.1, 0.15) is 0 Å². The van der Waals surface area contributed by atoms with E-state index in [9.17, 15) is 9.90 Å². The van der Waals surface area contributed by atoms with Crippen molar-refractivity contribution >= 4 is 23.6 Å². The first-order chi connectivity index (χ1) is 11.2. The minimum absolute atomic E-state index is 0.0785. The van der Waals surface area contributed by atoms with Crippen LogP contribution in [0.2, 0.25) is 0 Å². The molecule has 0 saturated carbocycles. The van der Waals surface area contributed by atoms with E-state index in [1.165, 1.54) is 0 Å². The van der Waals surface area contributed by atoms with Gasteiger partial charge in [0.05, 0.1) is 11.4 Å². The highest BCUT2D eigenvalue weighted by molar-refractivity contribution is 5.78. The Kier molecular flexibility index (Phi) is 4.38. The zero-order valence-electron chi connectivity index (χ0n) is 12.4. The third kappa shape index (κ3) is 3.58. The van der Waals surface area contributed by atoms with Gasteiger partial charge in [-0.3, -0.25) is 4.99 Å². The highest BCUT2D eigenvalue weighted by Gasteiger charge is 2.24. The van der Waals surface area contributed by atoms with Gasteiger partial charge in [-0.05, 0) is 24.3 Å². The SMILES string of the molecule is O=C([O-])CCN1/C(=C/C=Nc2ccccc2)Oc2ccccc21. The molecule has 116 valence electrons. The third-order valence-electron chi connectivity index (χ3n) is 3.37. The zero-order valence-corrected chi connectivity index (χ0v) is 12.4. The maximum Gasteiger partial charge on any atom is 0.202 e. The van der Waals surface area contributed by atoms with Gasteiger partial charge in [-0.25, -0.2) is 0 Å². The predicted molar refractivity (Wildman–Crippen MR) is 86.7 cm³/mol. The van der Waals surface area contributed by atoms with Crippen LogP contribution in [-0.2, 0) is 4.79 Å². The Morgan fingerprint density at radius 3 is 2.65 bits per heavy atom. The molecule has 2 aromatic carbocycles. The van der Waals surface area contributed by atoms with Gasteiger partial charge in [-0.2, -0.15) is 0 Å². The Morgan fingerprint density at radius 1 is 1.13 bits per heavy atom. The first-order valence-corrected chi connectivity index (χ1v) is 7.28. The average Bonchev–Trinajstić information content (AvgIpc) is 2.91. The number of anilines is 1. The Bertz CT molecular complexity index is 754. The summed E-state index contributed by atoms with van der Waals surface area (Å²) in [7, 11) is 0. The maximum atomic E-state index is 10.7. The molecule has 0 atom stereocenters. The number of aliphatic imine (C=N–C) groups is 1. The number of ether oxygens (including phenoxy) is 1. The summed E-state index contributed by atoms with van der Waals surface area (Å²) in [6.45, 7) is 0.282. The molecule has 0 spiro atoms. The van der Waals surface area contributed by atoms with Crippen molar-refractivity contribution in [3.63, 3.8) is 0 Å². The molecule has 0 N–H and O–H groups in total. The fourth-order valence-corrected chi connectivity index (χ4v) is 2.31. The van der Waals surface area contributed by atoms with Crippen LogP contribution in [0.5, 0.6) is 5.75 Å². The molecule has 5 heteroatoms. The van der Waals surface area contributed by atoms with E-state index in [2.05, 4.69) is 4.99 Å². The topological polar surface area (TPSA) is 65.0 Å². The molecule has 0 bridgehead atoms. The molecule has 1 heterocycles. The molecule has 0 saturated heterocycles. The van der Waals surface area contributed by atoms with E-state index in [-0.39, 0.29) is 13.0 Å². The second-order valence-electron chi connectivity index (χ2n) is 4.96. The fraction of sp³-hybridized carbons (Fsp3) is 0.111. The van der Waals surface area contributed by atoms with Crippen LogP contribution >= 0.6 is 0 Å². The molecule has 1 aliphatic heterocycles. The summed E-state index contributed by atoms with van der Waals surface area (Å²) in [4.78, 5) is 16.9. The van der Waals surface area contributed by atoms with Gasteiger partial charge in [0, 0.05) is 31.2 Å². The normalized spacial score (nSPS) is 15.0. The summed E-state index contributed by atoms with van der Waals surface area (Å²) in [5.41, 5.74) is 1.68. The van der Waals surface area contributed by atoms with Crippen molar-refractivity contribution in [2.45, 2.75) is 6.42 Å². The number of fused-ring (bicyclic) bond motifs is 1. The van der Waals surface area contributed by atoms with Crippen molar-refractivity contribution in [1.82, 2.24) is 0 Å². The van der Waals surface area contributed by atoms with Crippen LogP contribution in [0.25, 0.3) is 0 Å². The average molecular weight is 307 g/mol. The predicted octanol–water partition coefficient (Wildman–Crippen LogP) is 2.27. The number of aliphatic carboxylic acids is 1. The second-order valence-corrected chi connectivity index (χ2v) is 4.96. The lowest BCUT2D eigenvalue weighted by atomic mass is 10.2. The number of nitrogens with zero attached hydrogens (tertiary/aromatic N) is 2. The number of para-hydroxylation sites is 3.